The topological polar surface area (TPSA) is 44.4 Å². The fraction of sp³-hybridized carbons (Fsp3) is 0.222. The lowest BCUT2D eigenvalue weighted by molar-refractivity contribution is -0.116. The Hall–Kier alpha value is -3.60. The predicted molar refractivity (Wildman–Crippen MR) is 128 cm³/mol. The van der Waals surface area contributed by atoms with E-state index in [9.17, 15) is 9.18 Å². The molecule has 1 aliphatic heterocycles. The molecule has 0 unspecified atom stereocenters. The third kappa shape index (κ3) is 3.75. The van der Waals surface area contributed by atoms with E-state index in [1.807, 2.05) is 38.4 Å². The van der Waals surface area contributed by atoms with Crippen molar-refractivity contribution in [3.05, 3.63) is 101 Å². The number of hydrogen-bond acceptors (Lipinski definition) is 4. The minimum absolute atomic E-state index is 0.115. The van der Waals surface area contributed by atoms with Gasteiger partial charge in [-0.05, 0) is 59.9 Å². The van der Waals surface area contributed by atoms with Crippen LogP contribution in [0, 0.1) is 5.82 Å². The van der Waals surface area contributed by atoms with Gasteiger partial charge in [-0.2, -0.15) is 0 Å². The van der Waals surface area contributed by atoms with E-state index in [0.717, 1.165) is 40.3 Å². The molecule has 0 aromatic heterocycles. The molecule has 162 valence electrons. The minimum atomic E-state index is -0.327. The number of hydrogen-bond donors (Lipinski definition) is 2. The second kappa shape index (κ2) is 8.15. The lowest BCUT2D eigenvalue weighted by atomic mass is 9.78. The Kier molecular flexibility index (Phi) is 5.17. The van der Waals surface area contributed by atoms with Crippen LogP contribution in [0.3, 0.4) is 0 Å². The Morgan fingerprint density at radius 2 is 1.50 bits per heavy atom. The Bertz CT molecular complexity index is 1180. The molecule has 0 saturated carbocycles. The maximum absolute atomic E-state index is 13.6. The monoisotopic (exact) mass is 427 g/mol. The van der Waals surface area contributed by atoms with Crippen molar-refractivity contribution in [3.63, 3.8) is 0 Å². The molecule has 1 aliphatic carbocycles. The van der Waals surface area contributed by atoms with Crippen molar-refractivity contribution in [2.75, 3.05) is 29.6 Å². The standard InChI is InChI=1S/C27H26FN3O/c1-31(2)21-13-9-17(10-14-21)19-15-24-26(25(32)16-19)27(18-7-11-20(28)12-8-18)30-23-6-4-3-5-22(23)29-24/h3-14,19,27,29-30H,15-16H2,1-2H3/t19-,27-/m0/s1. The summed E-state index contributed by atoms with van der Waals surface area (Å²) in [6.45, 7) is 0. The first-order valence-electron chi connectivity index (χ1n) is 10.9. The molecule has 32 heavy (non-hydrogen) atoms. The van der Waals surface area contributed by atoms with Crippen molar-refractivity contribution in [2.45, 2.75) is 24.8 Å². The number of anilines is 3. The number of carbonyl (C=O) groups excluding carboxylic acids is 1. The number of para-hydroxylation sites is 2. The van der Waals surface area contributed by atoms with E-state index < -0.39 is 0 Å². The van der Waals surface area contributed by atoms with E-state index in [0.29, 0.717) is 6.42 Å². The largest absolute Gasteiger partial charge is 0.378 e. The molecule has 3 aromatic rings. The molecule has 4 nitrogen and oxygen atoms in total. The summed E-state index contributed by atoms with van der Waals surface area (Å²) in [5.74, 6) is -0.0505. The Morgan fingerprint density at radius 1 is 0.844 bits per heavy atom. The zero-order valence-electron chi connectivity index (χ0n) is 18.2. The fourth-order valence-electron chi connectivity index (χ4n) is 4.68. The number of halogens is 1. The van der Waals surface area contributed by atoms with Crippen LogP contribution >= 0.6 is 0 Å². The maximum atomic E-state index is 13.6. The number of Topliss-reactive ketones (excluding diaryl/α,β-unsaturated/α-hetero) is 1. The second-order valence-corrected chi connectivity index (χ2v) is 8.71. The van der Waals surface area contributed by atoms with Gasteiger partial charge in [-0.3, -0.25) is 4.79 Å². The summed E-state index contributed by atoms with van der Waals surface area (Å²) in [5, 5.41) is 7.08. The molecular formula is C27H26FN3O. The van der Waals surface area contributed by atoms with Crippen molar-refractivity contribution >= 4 is 22.8 Å². The first kappa shape index (κ1) is 20.3. The summed E-state index contributed by atoms with van der Waals surface area (Å²) in [5.41, 5.74) is 6.74. The van der Waals surface area contributed by atoms with Crippen LogP contribution in [0.4, 0.5) is 21.5 Å². The lowest BCUT2D eigenvalue weighted by Gasteiger charge is -2.30. The van der Waals surface area contributed by atoms with Crippen LogP contribution in [0.1, 0.15) is 35.9 Å². The third-order valence-electron chi connectivity index (χ3n) is 6.39. The molecule has 0 spiro atoms. The van der Waals surface area contributed by atoms with Crippen molar-refractivity contribution in [2.24, 2.45) is 0 Å². The van der Waals surface area contributed by atoms with E-state index >= 15 is 0 Å². The van der Waals surface area contributed by atoms with Crippen LogP contribution in [0.2, 0.25) is 0 Å². The molecular weight excluding hydrogens is 401 g/mol. The predicted octanol–water partition coefficient (Wildman–Crippen LogP) is 5.87. The number of benzene rings is 3. The van der Waals surface area contributed by atoms with Gasteiger partial charge in [0.2, 0.25) is 0 Å². The van der Waals surface area contributed by atoms with E-state index in [-0.39, 0.29) is 23.6 Å². The SMILES string of the molecule is CN(C)c1ccc([C@@H]2CC(=O)C3=C(C2)Nc2ccccc2N[C@H]3c2ccc(F)cc2)cc1. The quantitative estimate of drug-likeness (QED) is 0.549. The molecule has 2 N–H and O–H groups in total. The normalized spacial score (nSPS) is 19.9. The van der Waals surface area contributed by atoms with E-state index in [1.54, 1.807) is 12.1 Å². The van der Waals surface area contributed by atoms with Gasteiger partial charge in [-0.15, -0.1) is 0 Å². The third-order valence-corrected chi connectivity index (χ3v) is 6.39. The average molecular weight is 428 g/mol. The minimum Gasteiger partial charge on any atom is -0.378 e. The smallest absolute Gasteiger partial charge is 0.163 e. The van der Waals surface area contributed by atoms with Gasteiger partial charge in [-0.1, -0.05) is 36.4 Å². The van der Waals surface area contributed by atoms with Crippen LogP contribution in [0.25, 0.3) is 0 Å². The van der Waals surface area contributed by atoms with Crippen LogP contribution in [0.15, 0.2) is 84.1 Å². The van der Waals surface area contributed by atoms with Gasteiger partial charge in [-0.25, -0.2) is 4.39 Å². The highest BCUT2D eigenvalue weighted by Gasteiger charge is 2.36. The van der Waals surface area contributed by atoms with Gasteiger partial charge in [0, 0.05) is 37.5 Å². The molecule has 3 aromatic carbocycles. The van der Waals surface area contributed by atoms with Gasteiger partial charge in [0.1, 0.15) is 5.82 Å². The zero-order chi connectivity index (χ0) is 22.2. The molecule has 0 fully saturated rings. The molecule has 0 radical (unpaired) electrons. The summed E-state index contributed by atoms with van der Waals surface area (Å²) in [6.07, 6.45) is 1.20. The molecule has 1 heterocycles. The first-order chi connectivity index (χ1) is 15.5. The number of allylic oxidation sites excluding steroid dienone is 1. The van der Waals surface area contributed by atoms with Gasteiger partial charge in [0.05, 0.1) is 17.4 Å². The lowest BCUT2D eigenvalue weighted by Crippen LogP contribution is -2.26. The summed E-state index contributed by atoms with van der Waals surface area (Å²) in [7, 11) is 4.04. The number of nitrogens with zero attached hydrogens (tertiary/aromatic N) is 1. The molecule has 0 saturated heterocycles. The maximum Gasteiger partial charge on any atom is 0.163 e. The first-order valence-corrected chi connectivity index (χ1v) is 10.9. The van der Waals surface area contributed by atoms with Crippen molar-refractivity contribution in [1.82, 2.24) is 0 Å². The number of rotatable bonds is 3. The molecule has 2 aliphatic rings. The molecule has 0 amide bonds. The average Bonchev–Trinajstić information content (AvgIpc) is 2.96. The molecule has 5 rings (SSSR count). The zero-order valence-corrected chi connectivity index (χ0v) is 18.2. The Labute approximate surface area is 187 Å². The van der Waals surface area contributed by atoms with Crippen LogP contribution < -0.4 is 15.5 Å². The van der Waals surface area contributed by atoms with Gasteiger partial charge < -0.3 is 15.5 Å². The van der Waals surface area contributed by atoms with E-state index in [4.69, 9.17) is 0 Å². The number of nitrogens with one attached hydrogen (secondary N) is 2. The molecule has 0 bridgehead atoms. The highest BCUT2D eigenvalue weighted by atomic mass is 19.1. The number of ketones is 1. The summed E-state index contributed by atoms with van der Waals surface area (Å²) in [4.78, 5) is 15.6. The van der Waals surface area contributed by atoms with Crippen LogP contribution in [-0.4, -0.2) is 19.9 Å². The Morgan fingerprint density at radius 3 is 2.19 bits per heavy atom. The van der Waals surface area contributed by atoms with Gasteiger partial charge >= 0.3 is 0 Å². The van der Waals surface area contributed by atoms with Crippen LogP contribution in [0.5, 0.6) is 0 Å². The summed E-state index contributed by atoms with van der Waals surface area (Å²) in [6, 6.07) is 22.5. The molecule has 5 heteroatoms. The van der Waals surface area contributed by atoms with Crippen LogP contribution in [-0.2, 0) is 4.79 Å². The summed E-state index contributed by atoms with van der Waals surface area (Å²) >= 11 is 0. The highest BCUT2D eigenvalue weighted by Crippen LogP contribution is 2.44. The second-order valence-electron chi connectivity index (χ2n) is 8.71. The van der Waals surface area contributed by atoms with E-state index in [1.165, 1.54) is 17.7 Å². The van der Waals surface area contributed by atoms with E-state index in [2.05, 4.69) is 39.8 Å². The number of fused-ring (bicyclic) bond motifs is 1. The van der Waals surface area contributed by atoms with Gasteiger partial charge in [0.25, 0.3) is 0 Å². The molecule has 2 atom stereocenters. The highest BCUT2D eigenvalue weighted by molar-refractivity contribution is 6.01. The Balaban J connectivity index is 1.55. The van der Waals surface area contributed by atoms with Crippen molar-refractivity contribution in [1.29, 1.82) is 0 Å². The summed E-state index contributed by atoms with van der Waals surface area (Å²) < 4.78 is 13.6. The fourth-order valence-corrected chi connectivity index (χ4v) is 4.68. The number of carbonyl (C=O) groups is 1. The van der Waals surface area contributed by atoms with Gasteiger partial charge in [0.15, 0.2) is 5.78 Å². The van der Waals surface area contributed by atoms with Crippen molar-refractivity contribution < 1.29 is 9.18 Å². The van der Waals surface area contributed by atoms with Crippen molar-refractivity contribution in [3.8, 4) is 0 Å².